The third kappa shape index (κ3) is 4.20. The number of aromatic nitrogens is 1. The molecule has 0 saturated carbocycles. The molecule has 0 N–H and O–H groups in total. The van der Waals surface area contributed by atoms with E-state index in [1.54, 1.807) is 30.2 Å². The molecule has 3 rings (SSSR count). The van der Waals surface area contributed by atoms with Crippen LogP contribution >= 0.6 is 0 Å². The Labute approximate surface area is 153 Å². The van der Waals surface area contributed by atoms with Crippen LogP contribution in [0.4, 0.5) is 0 Å². The highest BCUT2D eigenvalue weighted by atomic mass is 16.5. The van der Waals surface area contributed by atoms with Gasteiger partial charge in [0.25, 0.3) is 0 Å². The van der Waals surface area contributed by atoms with Gasteiger partial charge in [0, 0.05) is 32.8 Å². The van der Waals surface area contributed by atoms with Crippen molar-refractivity contribution in [1.29, 1.82) is 0 Å². The van der Waals surface area contributed by atoms with E-state index in [4.69, 9.17) is 4.74 Å². The van der Waals surface area contributed by atoms with Crippen molar-refractivity contribution in [3.63, 3.8) is 0 Å². The summed E-state index contributed by atoms with van der Waals surface area (Å²) in [4.78, 5) is 32.6. The Bertz CT molecular complexity index is 762. The molecule has 2 amide bonds. The number of rotatable bonds is 6. The standard InChI is InChI=1S/C20H23N3O3/c1-22(12-15-6-8-18(26-2)9-7-15)20(25)16-11-19(24)23(13-16)14-17-5-3-4-10-21-17/h3-10,16H,11-14H2,1-2H3. The van der Waals surface area contributed by atoms with Gasteiger partial charge in [-0.05, 0) is 29.8 Å². The van der Waals surface area contributed by atoms with E-state index in [1.807, 2.05) is 42.5 Å². The first kappa shape index (κ1) is 17.9. The summed E-state index contributed by atoms with van der Waals surface area (Å²) in [6.45, 7) is 1.40. The highest BCUT2D eigenvalue weighted by Crippen LogP contribution is 2.22. The van der Waals surface area contributed by atoms with Gasteiger partial charge in [-0.2, -0.15) is 0 Å². The van der Waals surface area contributed by atoms with E-state index >= 15 is 0 Å². The summed E-state index contributed by atoms with van der Waals surface area (Å²) < 4.78 is 5.15. The van der Waals surface area contributed by atoms with E-state index in [1.165, 1.54) is 0 Å². The number of nitrogens with zero attached hydrogens (tertiary/aromatic N) is 3. The molecule has 2 heterocycles. The third-order valence-electron chi connectivity index (χ3n) is 4.60. The summed E-state index contributed by atoms with van der Waals surface area (Å²) in [5.41, 5.74) is 1.86. The number of benzene rings is 1. The van der Waals surface area contributed by atoms with E-state index < -0.39 is 0 Å². The van der Waals surface area contributed by atoms with Crippen LogP contribution in [-0.2, 0) is 22.7 Å². The zero-order valence-electron chi connectivity index (χ0n) is 15.1. The zero-order chi connectivity index (χ0) is 18.5. The molecule has 1 unspecified atom stereocenters. The molecule has 1 saturated heterocycles. The topological polar surface area (TPSA) is 62.7 Å². The summed E-state index contributed by atoms with van der Waals surface area (Å²) in [5.74, 6) is 0.494. The second kappa shape index (κ2) is 7.99. The van der Waals surface area contributed by atoms with Crippen molar-refractivity contribution in [2.75, 3.05) is 20.7 Å². The molecule has 6 nitrogen and oxygen atoms in total. The number of ether oxygens (including phenoxy) is 1. The van der Waals surface area contributed by atoms with E-state index in [0.29, 0.717) is 19.6 Å². The van der Waals surface area contributed by atoms with Gasteiger partial charge in [0.05, 0.1) is 25.3 Å². The van der Waals surface area contributed by atoms with Gasteiger partial charge in [-0.1, -0.05) is 18.2 Å². The van der Waals surface area contributed by atoms with Crippen LogP contribution in [0.15, 0.2) is 48.7 Å². The molecule has 26 heavy (non-hydrogen) atoms. The Morgan fingerprint density at radius 2 is 2.04 bits per heavy atom. The van der Waals surface area contributed by atoms with Crippen LogP contribution in [0.2, 0.25) is 0 Å². The van der Waals surface area contributed by atoms with Crippen molar-refractivity contribution in [3.8, 4) is 5.75 Å². The highest BCUT2D eigenvalue weighted by Gasteiger charge is 2.35. The highest BCUT2D eigenvalue weighted by molar-refractivity contribution is 5.89. The van der Waals surface area contributed by atoms with Crippen LogP contribution in [0.25, 0.3) is 0 Å². The Balaban J connectivity index is 1.58. The molecule has 1 aliphatic heterocycles. The monoisotopic (exact) mass is 353 g/mol. The minimum atomic E-state index is -0.297. The number of likely N-dealkylation sites (tertiary alicyclic amines) is 1. The molecule has 0 aliphatic carbocycles. The van der Waals surface area contributed by atoms with Crippen LogP contribution in [0.3, 0.4) is 0 Å². The molecule has 0 bridgehead atoms. The second-order valence-electron chi connectivity index (χ2n) is 6.54. The average molecular weight is 353 g/mol. The maximum Gasteiger partial charge on any atom is 0.228 e. The maximum absolute atomic E-state index is 12.7. The first-order chi connectivity index (χ1) is 12.6. The fraction of sp³-hybridized carbons (Fsp3) is 0.350. The lowest BCUT2D eigenvalue weighted by molar-refractivity contribution is -0.135. The van der Waals surface area contributed by atoms with Crippen molar-refractivity contribution in [2.24, 2.45) is 5.92 Å². The fourth-order valence-electron chi connectivity index (χ4n) is 3.17. The molecular formula is C20H23N3O3. The van der Waals surface area contributed by atoms with Gasteiger partial charge in [-0.15, -0.1) is 0 Å². The minimum absolute atomic E-state index is 0.00214. The molecule has 6 heteroatoms. The Kier molecular flexibility index (Phi) is 5.51. The smallest absolute Gasteiger partial charge is 0.228 e. The lowest BCUT2D eigenvalue weighted by Gasteiger charge is -2.21. The van der Waals surface area contributed by atoms with E-state index in [0.717, 1.165) is 17.0 Å². The first-order valence-electron chi connectivity index (χ1n) is 8.62. The molecule has 1 aliphatic rings. The molecule has 1 atom stereocenters. The lowest BCUT2D eigenvalue weighted by atomic mass is 10.1. The van der Waals surface area contributed by atoms with Crippen LogP contribution < -0.4 is 4.74 Å². The van der Waals surface area contributed by atoms with Gasteiger partial charge >= 0.3 is 0 Å². The van der Waals surface area contributed by atoms with E-state index in [9.17, 15) is 9.59 Å². The lowest BCUT2D eigenvalue weighted by Crippen LogP contribution is -2.34. The summed E-state index contributed by atoms with van der Waals surface area (Å²) in [5, 5.41) is 0. The Morgan fingerprint density at radius 1 is 1.27 bits per heavy atom. The molecule has 2 aromatic rings. The largest absolute Gasteiger partial charge is 0.497 e. The number of methoxy groups -OCH3 is 1. The summed E-state index contributed by atoms with van der Waals surface area (Å²) in [6, 6.07) is 13.3. The predicted octanol–water partition coefficient (Wildman–Crippen LogP) is 2.10. The number of pyridine rings is 1. The SMILES string of the molecule is COc1ccc(CN(C)C(=O)C2CC(=O)N(Cc3ccccn3)C2)cc1. The zero-order valence-corrected chi connectivity index (χ0v) is 15.1. The number of hydrogen-bond donors (Lipinski definition) is 0. The summed E-state index contributed by atoms with van der Waals surface area (Å²) in [6.07, 6.45) is 1.97. The normalized spacial score (nSPS) is 16.6. The molecule has 0 radical (unpaired) electrons. The third-order valence-corrected chi connectivity index (χ3v) is 4.60. The van der Waals surface area contributed by atoms with Crippen molar-refractivity contribution >= 4 is 11.8 Å². The molecular weight excluding hydrogens is 330 g/mol. The van der Waals surface area contributed by atoms with Crippen molar-refractivity contribution < 1.29 is 14.3 Å². The van der Waals surface area contributed by atoms with Gasteiger partial charge in [-0.25, -0.2) is 0 Å². The molecule has 136 valence electrons. The molecule has 1 fully saturated rings. The van der Waals surface area contributed by atoms with Gasteiger partial charge in [-0.3, -0.25) is 14.6 Å². The average Bonchev–Trinajstić information content (AvgIpc) is 3.03. The van der Waals surface area contributed by atoms with Crippen LogP contribution in [0, 0.1) is 5.92 Å². The van der Waals surface area contributed by atoms with Crippen molar-refractivity contribution in [3.05, 3.63) is 59.9 Å². The molecule has 0 spiro atoms. The minimum Gasteiger partial charge on any atom is -0.497 e. The number of carbonyl (C=O) groups is 2. The van der Waals surface area contributed by atoms with Crippen LogP contribution in [0.5, 0.6) is 5.75 Å². The predicted molar refractivity (Wildman–Crippen MR) is 97.2 cm³/mol. The van der Waals surface area contributed by atoms with Gasteiger partial charge in [0.2, 0.25) is 11.8 Å². The Morgan fingerprint density at radius 3 is 2.69 bits per heavy atom. The maximum atomic E-state index is 12.7. The quantitative estimate of drug-likeness (QED) is 0.798. The van der Waals surface area contributed by atoms with Gasteiger partial charge < -0.3 is 14.5 Å². The second-order valence-corrected chi connectivity index (χ2v) is 6.54. The van der Waals surface area contributed by atoms with Crippen LogP contribution in [-0.4, -0.2) is 47.3 Å². The Hall–Kier alpha value is -2.89. The van der Waals surface area contributed by atoms with Gasteiger partial charge in [0.15, 0.2) is 0 Å². The molecule has 1 aromatic heterocycles. The fourth-order valence-corrected chi connectivity index (χ4v) is 3.17. The summed E-state index contributed by atoms with van der Waals surface area (Å²) in [7, 11) is 3.40. The van der Waals surface area contributed by atoms with Crippen LogP contribution in [0.1, 0.15) is 17.7 Å². The summed E-state index contributed by atoms with van der Waals surface area (Å²) >= 11 is 0. The van der Waals surface area contributed by atoms with Crippen molar-refractivity contribution in [2.45, 2.75) is 19.5 Å². The molecule has 1 aromatic carbocycles. The number of amides is 2. The van der Waals surface area contributed by atoms with E-state index in [2.05, 4.69) is 4.98 Å². The first-order valence-corrected chi connectivity index (χ1v) is 8.62. The number of carbonyl (C=O) groups excluding carboxylic acids is 2. The van der Waals surface area contributed by atoms with Gasteiger partial charge in [0.1, 0.15) is 5.75 Å². The number of hydrogen-bond acceptors (Lipinski definition) is 4. The van der Waals surface area contributed by atoms with Crippen molar-refractivity contribution in [1.82, 2.24) is 14.8 Å². The van der Waals surface area contributed by atoms with E-state index in [-0.39, 0.29) is 24.2 Å².